The Morgan fingerprint density at radius 1 is 1.60 bits per heavy atom. The highest BCUT2D eigenvalue weighted by Gasteiger charge is 2.24. The fourth-order valence-electron chi connectivity index (χ4n) is 1.61. The molecule has 3 N–H and O–H groups in total. The van der Waals surface area contributed by atoms with Gasteiger partial charge in [-0.15, -0.1) is 0 Å². The van der Waals surface area contributed by atoms with E-state index in [1.54, 1.807) is 4.68 Å². The predicted molar refractivity (Wildman–Crippen MR) is 56.7 cm³/mol. The fourth-order valence-corrected chi connectivity index (χ4v) is 1.61. The summed E-state index contributed by atoms with van der Waals surface area (Å²) < 4.78 is 1.71. The minimum Gasteiger partial charge on any atom is -0.481 e. The molecule has 0 aliphatic rings. The molecule has 84 valence electrons. The van der Waals surface area contributed by atoms with Crippen LogP contribution < -0.4 is 5.73 Å². The Bertz CT molecular complexity index is 371. The maximum absolute atomic E-state index is 11.1. The first-order valence-electron chi connectivity index (χ1n) is 4.92. The third-order valence-corrected chi connectivity index (χ3v) is 2.75. The van der Waals surface area contributed by atoms with Crippen molar-refractivity contribution < 1.29 is 9.90 Å². The molecule has 1 heterocycles. The molecule has 0 saturated carbocycles. The molecule has 1 atom stereocenters. The van der Waals surface area contributed by atoms with Gasteiger partial charge in [0.25, 0.3) is 0 Å². The second kappa shape index (κ2) is 4.44. The lowest BCUT2D eigenvalue weighted by atomic mass is 9.98. The summed E-state index contributed by atoms with van der Waals surface area (Å²) in [7, 11) is 1.81. The van der Waals surface area contributed by atoms with E-state index < -0.39 is 11.9 Å². The summed E-state index contributed by atoms with van der Waals surface area (Å²) in [4.78, 5) is 11.1. The van der Waals surface area contributed by atoms with Gasteiger partial charge in [0.15, 0.2) is 0 Å². The van der Waals surface area contributed by atoms with E-state index in [2.05, 4.69) is 5.10 Å². The number of carboxylic acids is 1. The lowest BCUT2D eigenvalue weighted by molar-refractivity contribution is -0.139. The van der Waals surface area contributed by atoms with E-state index in [0.29, 0.717) is 18.7 Å². The first-order chi connectivity index (χ1) is 6.99. The first kappa shape index (κ1) is 11.7. The van der Waals surface area contributed by atoms with Crippen molar-refractivity contribution in [3.63, 3.8) is 0 Å². The van der Waals surface area contributed by atoms with Gasteiger partial charge in [0, 0.05) is 12.7 Å². The van der Waals surface area contributed by atoms with E-state index in [9.17, 15) is 4.79 Å². The van der Waals surface area contributed by atoms with Crippen molar-refractivity contribution >= 4 is 5.97 Å². The number of carboxylic acid groups (broad SMARTS) is 1. The molecule has 0 fully saturated rings. The Hall–Kier alpha value is -1.36. The zero-order valence-electron chi connectivity index (χ0n) is 9.32. The van der Waals surface area contributed by atoms with Crippen LogP contribution in [-0.4, -0.2) is 27.4 Å². The predicted octanol–water partition coefficient (Wildman–Crippen LogP) is 0.554. The Labute approximate surface area is 88.9 Å². The largest absolute Gasteiger partial charge is 0.481 e. The third-order valence-electron chi connectivity index (χ3n) is 2.75. The van der Waals surface area contributed by atoms with Gasteiger partial charge in [-0.1, -0.05) is 0 Å². The van der Waals surface area contributed by atoms with Crippen LogP contribution in [0.15, 0.2) is 0 Å². The molecule has 0 aromatic carbocycles. The van der Waals surface area contributed by atoms with Crippen molar-refractivity contribution in [2.24, 2.45) is 12.8 Å². The summed E-state index contributed by atoms with van der Waals surface area (Å²) in [6.45, 7) is 4.17. The van der Waals surface area contributed by atoms with Crippen molar-refractivity contribution in [3.05, 3.63) is 17.0 Å². The molecule has 5 heteroatoms. The van der Waals surface area contributed by atoms with Gasteiger partial charge < -0.3 is 10.8 Å². The lowest BCUT2D eigenvalue weighted by Gasteiger charge is -2.08. The number of aliphatic carboxylic acids is 1. The number of carbonyl (C=O) groups is 1. The van der Waals surface area contributed by atoms with Gasteiger partial charge in [0.05, 0.1) is 5.69 Å². The number of aromatic nitrogens is 2. The van der Waals surface area contributed by atoms with Gasteiger partial charge in [-0.3, -0.25) is 9.48 Å². The van der Waals surface area contributed by atoms with E-state index in [-0.39, 0.29) is 0 Å². The molecular formula is C10H17N3O2. The SMILES string of the molecule is Cc1c(C(CCN)C(=O)O)nn(C)c1C. The van der Waals surface area contributed by atoms with Gasteiger partial charge >= 0.3 is 5.97 Å². The smallest absolute Gasteiger partial charge is 0.312 e. The van der Waals surface area contributed by atoms with Crippen molar-refractivity contribution in [3.8, 4) is 0 Å². The van der Waals surface area contributed by atoms with Gasteiger partial charge in [0.2, 0.25) is 0 Å². The van der Waals surface area contributed by atoms with Crippen LogP contribution in [0.25, 0.3) is 0 Å². The molecule has 0 amide bonds. The number of nitrogens with two attached hydrogens (primary N) is 1. The standard InChI is InChI=1S/C10H17N3O2/c1-6-7(2)13(3)12-9(6)8(4-5-11)10(14)15/h8H,4-5,11H2,1-3H3,(H,14,15). The van der Waals surface area contributed by atoms with Crippen molar-refractivity contribution in [2.45, 2.75) is 26.2 Å². The first-order valence-corrected chi connectivity index (χ1v) is 4.92. The molecule has 1 aromatic rings. The van der Waals surface area contributed by atoms with Crippen molar-refractivity contribution in [1.29, 1.82) is 0 Å². The minimum absolute atomic E-state index is 0.353. The average molecular weight is 211 g/mol. The summed E-state index contributed by atoms with van der Waals surface area (Å²) in [5.41, 5.74) is 7.97. The third kappa shape index (κ3) is 2.18. The Balaban J connectivity index is 3.11. The number of aryl methyl sites for hydroxylation is 1. The van der Waals surface area contributed by atoms with Crippen LogP contribution in [0.1, 0.15) is 29.3 Å². The summed E-state index contributed by atoms with van der Waals surface area (Å²) in [5, 5.41) is 13.3. The van der Waals surface area contributed by atoms with Crippen molar-refractivity contribution in [2.75, 3.05) is 6.54 Å². The van der Waals surface area contributed by atoms with Gasteiger partial charge in [0.1, 0.15) is 5.92 Å². The summed E-state index contributed by atoms with van der Waals surface area (Å²) in [5.74, 6) is -1.45. The lowest BCUT2D eigenvalue weighted by Crippen LogP contribution is -2.17. The van der Waals surface area contributed by atoms with Crippen LogP contribution in [-0.2, 0) is 11.8 Å². The number of hydrogen-bond acceptors (Lipinski definition) is 3. The molecule has 5 nitrogen and oxygen atoms in total. The minimum atomic E-state index is -0.860. The molecule has 0 saturated heterocycles. The molecule has 0 aliphatic heterocycles. The number of hydrogen-bond donors (Lipinski definition) is 2. The Morgan fingerprint density at radius 2 is 2.20 bits per heavy atom. The van der Waals surface area contributed by atoms with Gasteiger partial charge in [-0.05, 0) is 32.4 Å². The van der Waals surface area contributed by atoms with E-state index in [4.69, 9.17) is 10.8 Å². The molecule has 0 bridgehead atoms. The average Bonchev–Trinajstić information content (AvgIpc) is 2.42. The Kier molecular flexibility index (Phi) is 3.47. The second-order valence-electron chi connectivity index (χ2n) is 3.69. The van der Waals surface area contributed by atoms with E-state index in [0.717, 1.165) is 11.3 Å². The molecule has 15 heavy (non-hydrogen) atoms. The van der Waals surface area contributed by atoms with E-state index in [1.807, 2.05) is 20.9 Å². The highest BCUT2D eigenvalue weighted by Crippen LogP contribution is 2.23. The molecule has 1 rings (SSSR count). The molecule has 0 spiro atoms. The number of nitrogens with zero attached hydrogens (tertiary/aromatic N) is 2. The zero-order chi connectivity index (χ0) is 11.6. The number of rotatable bonds is 4. The Morgan fingerprint density at radius 3 is 2.53 bits per heavy atom. The summed E-state index contributed by atoms with van der Waals surface area (Å²) in [6.07, 6.45) is 0.423. The molecule has 1 unspecified atom stereocenters. The molecular weight excluding hydrogens is 194 g/mol. The normalized spacial score (nSPS) is 12.8. The maximum Gasteiger partial charge on any atom is 0.312 e. The second-order valence-corrected chi connectivity index (χ2v) is 3.69. The molecule has 1 aromatic heterocycles. The van der Waals surface area contributed by atoms with Crippen LogP contribution in [0, 0.1) is 13.8 Å². The summed E-state index contributed by atoms with van der Waals surface area (Å²) >= 11 is 0. The topological polar surface area (TPSA) is 81.1 Å². The van der Waals surface area contributed by atoms with Crippen LogP contribution >= 0.6 is 0 Å². The van der Waals surface area contributed by atoms with Gasteiger partial charge in [-0.25, -0.2) is 0 Å². The molecule has 0 aliphatic carbocycles. The molecule has 0 radical (unpaired) electrons. The highest BCUT2D eigenvalue weighted by molar-refractivity contribution is 5.76. The fraction of sp³-hybridized carbons (Fsp3) is 0.600. The van der Waals surface area contributed by atoms with E-state index >= 15 is 0 Å². The monoisotopic (exact) mass is 211 g/mol. The van der Waals surface area contributed by atoms with Crippen molar-refractivity contribution in [1.82, 2.24) is 9.78 Å². The van der Waals surface area contributed by atoms with Gasteiger partial charge in [-0.2, -0.15) is 5.10 Å². The van der Waals surface area contributed by atoms with E-state index in [1.165, 1.54) is 0 Å². The summed E-state index contributed by atoms with van der Waals surface area (Å²) in [6, 6.07) is 0. The van der Waals surface area contributed by atoms with Crippen LogP contribution in [0.2, 0.25) is 0 Å². The quantitative estimate of drug-likeness (QED) is 0.762. The van der Waals surface area contributed by atoms with Crippen LogP contribution in [0.5, 0.6) is 0 Å². The highest BCUT2D eigenvalue weighted by atomic mass is 16.4. The maximum atomic E-state index is 11.1. The van der Waals surface area contributed by atoms with Crippen LogP contribution in [0.3, 0.4) is 0 Å². The van der Waals surface area contributed by atoms with Crippen LogP contribution in [0.4, 0.5) is 0 Å². The zero-order valence-corrected chi connectivity index (χ0v) is 9.32.